The number of hydrogen-bond acceptors (Lipinski definition) is 9. The largest absolute Gasteiger partial charge is 0.479 e. The van der Waals surface area contributed by atoms with Crippen LogP contribution >= 0.6 is 0 Å². The molecule has 1 aliphatic rings. The number of nitrogens with zero attached hydrogens (tertiary/aromatic N) is 6. The van der Waals surface area contributed by atoms with Crippen LogP contribution in [0, 0.1) is 6.92 Å². The summed E-state index contributed by atoms with van der Waals surface area (Å²) in [5.74, 6) is 1.56. The summed E-state index contributed by atoms with van der Waals surface area (Å²) in [4.78, 5) is 21.7. The minimum atomic E-state index is -0.172. The maximum atomic E-state index is 12.6. The van der Waals surface area contributed by atoms with E-state index in [1.807, 2.05) is 48.5 Å². The molecule has 0 saturated carbocycles. The Morgan fingerprint density at radius 3 is 2.58 bits per heavy atom. The van der Waals surface area contributed by atoms with Crippen LogP contribution < -0.4 is 10.9 Å². The lowest BCUT2D eigenvalue weighted by Crippen LogP contribution is -2.44. The first-order valence-electron chi connectivity index (χ1n) is 13.5. The van der Waals surface area contributed by atoms with Gasteiger partial charge in [0.25, 0.3) is 5.56 Å². The number of aryl methyl sites for hydroxylation is 1. The van der Waals surface area contributed by atoms with Crippen LogP contribution in [-0.4, -0.2) is 76.1 Å². The summed E-state index contributed by atoms with van der Waals surface area (Å²) in [5, 5.41) is 11.8. The van der Waals surface area contributed by atoms with Crippen LogP contribution in [0.2, 0.25) is 0 Å². The average Bonchev–Trinajstić information content (AvgIpc) is 3.40. The lowest BCUT2D eigenvalue weighted by molar-refractivity contribution is 0.136. The van der Waals surface area contributed by atoms with Crippen molar-refractivity contribution in [2.24, 2.45) is 0 Å². The highest BCUT2D eigenvalue weighted by molar-refractivity contribution is 5.64. The summed E-state index contributed by atoms with van der Waals surface area (Å²) in [7, 11) is 2.16. The summed E-state index contributed by atoms with van der Waals surface area (Å²) in [6.45, 7) is 12.2. The van der Waals surface area contributed by atoms with E-state index in [0.29, 0.717) is 36.4 Å². The molecule has 1 fully saturated rings. The Kier molecular flexibility index (Phi) is 8.68. The van der Waals surface area contributed by atoms with Crippen LogP contribution in [0.15, 0.2) is 82.4 Å². The van der Waals surface area contributed by atoms with Crippen molar-refractivity contribution in [3.05, 3.63) is 94.9 Å². The second kappa shape index (κ2) is 12.7. The number of likely N-dealkylation sites (N-methyl/N-ethyl adjacent to an activating group) is 1. The molecule has 10 heteroatoms. The molecule has 0 radical (unpaired) electrons. The molecule has 5 rings (SSSR count). The van der Waals surface area contributed by atoms with Gasteiger partial charge in [-0.1, -0.05) is 41.6 Å². The molecule has 3 heterocycles. The van der Waals surface area contributed by atoms with Crippen molar-refractivity contribution < 1.29 is 9.26 Å². The zero-order valence-electron chi connectivity index (χ0n) is 23.0. The summed E-state index contributed by atoms with van der Waals surface area (Å²) in [6.07, 6.45) is 0.953. The first kappa shape index (κ1) is 27.3. The van der Waals surface area contributed by atoms with Gasteiger partial charge in [0.2, 0.25) is 11.7 Å². The van der Waals surface area contributed by atoms with Gasteiger partial charge >= 0.3 is 0 Å². The maximum absolute atomic E-state index is 12.6. The summed E-state index contributed by atoms with van der Waals surface area (Å²) < 4.78 is 12.3. The van der Waals surface area contributed by atoms with E-state index in [0.717, 1.165) is 61.5 Å². The average molecular weight is 542 g/mol. The van der Waals surface area contributed by atoms with Gasteiger partial charge in [0, 0.05) is 62.5 Å². The normalized spacial score (nSPS) is 14.2. The predicted octanol–water partition coefficient (Wildman–Crippen LogP) is 3.85. The van der Waals surface area contributed by atoms with E-state index in [1.165, 1.54) is 4.68 Å². The van der Waals surface area contributed by atoms with Crippen LogP contribution in [0.5, 0.6) is 0 Å². The fourth-order valence-electron chi connectivity index (χ4n) is 4.60. The molecule has 10 nitrogen and oxygen atoms in total. The number of nitrogens with one attached hydrogen (secondary N) is 1. The van der Waals surface area contributed by atoms with Crippen molar-refractivity contribution >= 4 is 5.69 Å². The molecule has 0 unspecified atom stereocenters. The van der Waals surface area contributed by atoms with Gasteiger partial charge < -0.3 is 24.4 Å². The minimum absolute atomic E-state index is 0.172. The second-order valence-corrected chi connectivity index (χ2v) is 10.0. The van der Waals surface area contributed by atoms with Crippen molar-refractivity contribution in [2.45, 2.75) is 19.9 Å². The van der Waals surface area contributed by atoms with Gasteiger partial charge in [0.1, 0.15) is 0 Å². The van der Waals surface area contributed by atoms with Crippen LogP contribution in [0.1, 0.15) is 17.9 Å². The number of benzene rings is 2. The number of hydrogen-bond donors (Lipinski definition) is 1. The lowest BCUT2D eigenvalue weighted by Gasteiger charge is -2.32. The third-order valence-electron chi connectivity index (χ3n) is 6.87. The second-order valence-electron chi connectivity index (χ2n) is 10.0. The monoisotopic (exact) mass is 541 g/mol. The summed E-state index contributed by atoms with van der Waals surface area (Å²) in [5.41, 5.74) is 4.03. The van der Waals surface area contributed by atoms with E-state index in [-0.39, 0.29) is 5.56 Å². The Bertz CT molecular complexity index is 1490. The predicted molar refractivity (Wildman–Crippen MR) is 155 cm³/mol. The number of ether oxygens (including phenoxy) is 1. The van der Waals surface area contributed by atoms with Gasteiger partial charge in [0.15, 0.2) is 5.88 Å². The van der Waals surface area contributed by atoms with Gasteiger partial charge in [-0.25, -0.2) is 4.68 Å². The molecule has 1 saturated heterocycles. The van der Waals surface area contributed by atoms with Crippen LogP contribution in [0.25, 0.3) is 22.6 Å². The Balaban J connectivity index is 1.16. The number of aromatic nitrogens is 4. The molecule has 0 aliphatic carbocycles. The molecule has 0 spiro atoms. The molecular formula is C30H35N7O3. The molecule has 1 aliphatic heterocycles. The highest BCUT2D eigenvalue weighted by Gasteiger charge is 2.13. The van der Waals surface area contributed by atoms with Crippen molar-refractivity contribution in [3.8, 4) is 22.6 Å². The molecular weight excluding hydrogens is 506 g/mol. The number of anilines is 1. The number of piperazine rings is 1. The van der Waals surface area contributed by atoms with E-state index in [9.17, 15) is 4.79 Å². The first-order valence-corrected chi connectivity index (χ1v) is 13.5. The van der Waals surface area contributed by atoms with Crippen molar-refractivity contribution in [3.63, 3.8) is 0 Å². The molecule has 0 atom stereocenters. The van der Waals surface area contributed by atoms with Crippen LogP contribution in [0.3, 0.4) is 0 Å². The van der Waals surface area contributed by atoms with E-state index in [1.54, 1.807) is 19.1 Å². The van der Waals surface area contributed by atoms with Crippen LogP contribution in [0.4, 0.5) is 5.69 Å². The topological polar surface area (TPSA) is 102 Å². The minimum Gasteiger partial charge on any atom is -0.479 e. The van der Waals surface area contributed by atoms with Crippen molar-refractivity contribution in [2.75, 3.05) is 51.7 Å². The van der Waals surface area contributed by atoms with E-state index in [4.69, 9.17) is 9.26 Å². The standard InChI is InChI=1S/C30H35N7O3/c1-22(39-19-5-14-36-17-15-35(3)16-18-36)31-27-7-4-6-24(20-27)21-37-29(38)13-12-28(33-37)25-8-10-26(11-9-25)30-32-23(2)40-34-30/h4,6-13,20,31H,1,5,14-19,21H2,2-3H3. The van der Waals surface area contributed by atoms with Crippen molar-refractivity contribution in [1.29, 1.82) is 0 Å². The Hall–Kier alpha value is -4.28. The highest BCUT2D eigenvalue weighted by Crippen LogP contribution is 2.22. The van der Waals surface area contributed by atoms with E-state index >= 15 is 0 Å². The molecule has 4 aromatic rings. The first-order chi connectivity index (χ1) is 19.4. The molecule has 1 N–H and O–H groups in total. The molecule has 2 aromatic carbocycles. The zero-order valence-corrected chi connectivity index (χ0v) is 23.0. The highest BCUT2D eigenvalue weighted by atomic mass is 16.5. The summed E-state index contributed by atoms with van der Waals surface area (Å²) in [6, 6.07) is 18.8. The smallest absolute Gasteiger partial charge is 0.267 e. The van der Waals surface area contributed by atoms with Gasteiger partial charge in [0.05, 0.1) is 18.8 Å². The van der Waals surface area contributed by atoms with Crippen molar-refractivity contribution in [1.82, 2.24) is 29.7 Å². The maximum Gasteiger partial charge on any atom is 0.267 e. The number of rotatable bonds is 11. The fourth-order valence-corrected chi connectivity index (χ4v) is 4.60. The third kappa shape index (κ3) is 7.22. The molecule has 2 aromatic heterocycles. The molecule has 0 amide bonds. The molecule has 208 valence electrons. The molecule has 40 heavy (non-hydrogen) atoms. The van der Waals surface area contributed by atoms with Gasteiger partial charge in [-0.3, -0.25) is 4.79 Å². The Labute approximate surface area is 233 Å². The van der Waals surface area contributed by atoms with E-state index in [2.05, 4.69) is 44.0 Å². The Morgan fingerprint density at radius 1 is 1.05 bits per heavy atom. The van der Waals surface area contributed by atoms with E-state index < -0.39 is 0 Å². The van der Waals surface area contributed by atoms with Gasteiger partial charge in [-0.05, 0) is 43.8 Å². The zero-order chi connectivity index (χ0) is 27.9. The quantitative estimate of drug-likeness (QED) is 0.224. The fraction of sp³-hybridized carbons (Fsp3) is 0.333. The summed E-state index contributed by atoms with van der Waals surface area (Å²) >= 11 is 0. The SMILES string of the molecule is C=C(Nc1cccc(Cn2nc(-c3ccc(-c4noc(C)n4)cc3)ccc2=O)c1)OCCCN1CCN(C)CC1. The van der Waals surface area contributed by atoms with Crippen LogP contribution in [-0.2, 0) is 11.3 Å². The van der Waals surface area contributed by atoms with Gasteiger partial charge in [-0.15, -0.1) is 0 Å². The Morgan fingerprint density at radius 2 is 1.82 bits per heavy atom. The van der Waals surface area contributed by atoms with Gasteiger partial charge in [-0.2, -0.15) is 10.1 Å². The third-order valence-corrected chi connectivity index (χ3v) is 6.87. The molecule has 0 bridgehead atoms. The lowest BCUT2D eigenvalue weighted by atomic mass is 10.1.